The third-order valence-corrected chi connectivity index (χ3v) is 4.13. The van der Waals surface area contributed by atoms with Gasteiger partial charge in [-0.1, -0.05) is 30.7 Å². The Morgan fingerprint density at radius 3 is 2.83 bits per heavy atom. The molecule has 2 nitrogen and oxygen atoms in total. The van der Waals surface area contributed by atoms with Gasteiger partial charge in [-0.2, -0.15) is 0 Å². The first kappa shape index (κ1) is 13.6. The summed E-state index contributed by atoms with van der Waals surface area (Å²) in [5, 5.41) is 0.650. The Morgan fingerprint density at radius 2 is 2.17 bits per heavy atom. The zero-order valence-electron chi connectivity index (χ0n) is 10.7. The molecule has 1 aromatic rings. The van der Waals surface area contributed by atoms with E-state index in [2.05, 4.69) is 17.9 Å². The summed E-state index contributed by atoms with van der Waals surface area (Å²) in [4.78, 5) is 2.76. The van der Waals surface area contributed by atoms with E-state index in [1.54, 1.807) is 0 Å². The number of nitrogens with zero attached hydrogens (tertiary/aromatic N) is 1. The predicted octanol–water partition coefficient (Wildman–Crippen LogP) is 3.60. The van der Waals surface area contributed by atoms with Crippen molar-refractivity contribution < 1.29 is 0 Å². The van der Waals surface area contributed by atoms with E-state index in [0.717, 1.165) is 24.6 Å². The van der Waals surface area contributed by atoms with E-state index in [9.17, 15) is 0 Å². The monoisotopic (exact) mass is 282 g/mol. The summed E-state index contributed by atoms with van der Waals surface area (Å²) < 4.78 is 0. The Labute approximate surface area is 119 Å². The average Bonchev–Trinajstić information content (AvgIpc) is 2.53. The van der Waals surface area contributed by atoms with Crippen LogP contribution in [0.25, 0.3) is 0 Å². The van der Waals surface area contributed by atoms with E-state index < -0.39 is 0 Å². The normalized spacial score (nSPS) is 20.6. The zero-order valence-corrected chi connectivity index (χ0v) is 12.2. The molecule has 0 amide bonds. The van der Waals surface area contributed by atoms with Crippen molar-refractivity contribution in [2.24, 2.45) is 11.7 Å². The van der Waals surface area contributed by atoms with Crippen LogP contribution in [-0.2, 0) is 0 Å². The molecule has 0 aromatic heterocycles. The van der Waals surface area contributed by atoms with Gasteiger partial charge in [0.25, 0.3) is 0 Å². The summed E-state index contributed by atoms with van der Waals surface area (Å²) in [5.74, 6) is 0.821. The van der Waals surface area contributed by atoms with E-state index in [4.69, 9.17) is 29.6 Å². The van der Waals surface area contributed by atoms with Crippen molar-refractivity contribution in [1.29, 1.82) is 0 Å². The highest BCUT2D eigenvalue weighted by Crippen LogP contribution is 2.27. The van der Waals surface area contributed by atoms with Crippen LogP contribution in [0.15, 0.2) is 18.2 Å². The molecule has 2 N–H and O–H groups in total. The van der Waals surface area contributed by atoms with E-state index in [1.165, 1.54) is 24.9 Å². The second-order valence-corrected chi connectivity index (χ2v) is 5.90. The van der Waals surface area contributed by atoms with Crippen LogP contribution in [0.2, 0.25) is 5.02 Å². The Balaban J connectivity index is 2.18. The van der Waals surface area contributed by atoms with Gasteiger partial charge in [0.2, 0.25) is 0 Å². The van der Waals surface area contributed by atoms with Crippen LogP contribution in [-0.4, -0.2) is 18.1 Å². The molecule has 0 saturated carbocycles. The first-order valence-corrected chi connectivity index (χ1v) is 7.21. The summed E-state index contributed by atoms with van der Waals surface area (Å²) in [6.07, 6.45) is 3.81. The second-order valence-electron chi connectivity index (χ2n) is 5.05. The van der Waals surface area contributed by atoms with Gasteiger partial charge >= 0.3 is 0 Å². The van der Waals surface area contributed by atoms with Gasteiger partial charge in [0.1, 0.15) is 4.99 Å². The van der Waals surface area contributed by atoms with Gasteiger partial charge in [-0.15, -0.1) is 0 Å². The molecular formula is C14H19ClN2S. The van der Waals surface area contributed by atoms with Crippen LogP contribution in [0.1, 0.15) is 31.7 Å². The van der Waals surface area contributed by atoms with Crippen molar-refractivity contribution in [3.05, 3.63) is 28.8 Å². The topological polar surface area (TPSA) is 29.3 Å². The number of halogens is 1. The predicted molar refractivity (Wildman–Crippen MR) is 82.6 cm³/mol. The summed E-state index contributed by atoms with van der Waals surface area (Å²) >= 11 is 11.2. The van der Waals surface area contributed by atoms with Crippen molar-refractivity contribution in [2.75, 3.05) is 18.0 Å². The van der Waals surface area contributed by atoms with Crippen molar-refractivity contribution in [3.8, 4) is 0 Å². The van der Waals surface area contributed by atoms with Crippen LogP contribution in [0.3, 0.4) is 0 Å². The van der Waals surface area contributed by atoms with Crippen molar-refractivity contribution >= 4 is 34.5 Å². The second kappa shape index (κ2) is 5.89. The number of thiocarbonyl (C=S) groups is 1. The van der Waals surface area contributed by atoms with Crippen LogP contribution >= 0.6 is 23.8 Å². The average molecular weight is 283 g/mol. The molecule has 1 aliphatic rings. The third kappa shape index (κ3) is 3.15. The van der Waals surface area contributed by atoms with Gasteiger partial charge in [-0.05, 0) is 43.4 Å². The largest absolute Gasteiger partial charge is 0.389 e. The lowest BCUT2D eigenvalue weighted by Gasteiger charge is -2.23. The molecular weight excluding hydrogens is 264 g/mol. The highest BCUT2D eigenvalue weighted by molar-refractivity contribution is 7.80. The molecule has 1 unspecified atom stereocenters. The van der Waals surface area contributed by atoms with Crippen LogP contribution in [0, 0.1) is 5.92 Å². The minimum Gasteiger partial charge on any atom is -0.389 e. The van der Waals surface area contributed by atoms with Gasteiger partial charge in [-0.3, -0.25) is 0 Å². The fraction of sp³-hybridized carbons (Fsp3) is 0.500. The number of rotatable bonds is 2. The maximum Gasteiger partial charge on any atom is 0.105 e. The van der Waals surface area contributed by atoms with Gasteiger partial charge in [-0.25, -0.2) is 0 Å². The molecule has 4 heteroatoms. The molecule has 2 rings (SSSR count). The molecule has 1 aromatic carbocycles. The summed E-state index contributed by atoms with van der Waals surface area (Å²) in [6, 6.07) is 5.97. The fourth-order valence-electron chi connectivity index (χ4n) is 2.42. The van der Waals surface area contributed by atoms with Crippen LogP contribution in [0.5, 0.6) is 0 Å². The first-order chi connectivity index (χ1) is 8.58. The molecule has 0 radical (unpaired) electrons. The molecule has 1 fully saturated rings. The lowest BCUT2D eigenvalue weighted by Crippen LogP contribution is -2.24. The van der Waals surface area contributed by atoms with E-state index in [1.807, 2.05) is 12.1 Å². The molecule has 1 atom stereocenters. The number of anilines is 1. The van der Waals surface area contributed by atoms with E-state index in [0.29, 0.717) is 10.0 Å². The molecule has 0 spiro atoms. The Bertz CT molecular complexity index is 447. The smallest absolute Gasteiger partial charge is 0.105 e. The highest BCUT2D eigenvalue weighted by atomic mass is 35.5. The van der Waals surface area contributed by atoms with Crippen molar-refractivity contribution in [1.82, 2.24) is 0 Å². The Morgan fingerprint density at radius 1 is 1.39 bits per heavy atom. The van der Waals surface area contributed by atoms with Gasteiger partial charge in [0.15, 0.2) is 0 Å². The lowest BCUT2D eigenvalue weighted by atomic mass is 10.0. The van der Waals surface area contributed by atoms with Gasteiger partial charge in [0, 0.05) is 24.3 Å². The first-order valence-electron chi connectivity index (χ1n) is 6.42. The van der Waals surface area contributed by atoms with Gasteiger partial charge < -0.3 is 10.6 Å². The minimum absolute atomic E-state index is 0.357. The number of hydrogen-bond acceptors (Lipinski definition) is 2. The van der Waals surface area contributed by atoms with E-state index >= 15 is 0 Å². The quantitative estimate of drug-likeness (QED) is 0.841. The lowest BCUT2D eigenvalue weighted by molar-refractivity contribution is 0.521. The summed E-state index contributed by atoms with van der Waals surface area (Å²) in [7, 11) is 0. The highest BCUT2D eigenvalue weighted by Gasteiger charge is 2.15. The fourth-order valence-corrected chi connectivity index (χ4v) is 2.93. The van der Waals surface area contributed by atoms with Crippen LogP contribution < -0.4 is 10.6 Å². The maximum absolute atomic E-state index is 6.22. The molecule has 18 heavy (non-hydrogen) atoms. The standard InChI is InChI=1S/C14H19ClN2S/c1-10-3-2-7-17(8-6-10)11-4-5-12(14(16)18)13(15)9-11/h4-5,9-10H,2-3,6-8H2,1H3,(H2,16,18). The van der Waals surface area contributed by atoms with E-state index in [-0.39, 0.29) is 0 Å². The van der Waals surface area contributed by atoms with Crippen molar-refractivity contribution in [3.63, 3.8) is 0 Å². The molecule has 1 heterocycles. The van der Waals surface area contributed by atoms with Crippen molar-refractivity contribution in [2.45, 2.75) is 26.2 Å². The minimum atomic E-state index is 0.357. The molecule has 0 bridgehead atoms. The molecule has 1 saturated heterocycles. The van der Waals surface area contributed by atoms with Crippen LogP contribution in [0.4, 0.5) is 5.69 Å². The zero-order chi connectivity index (χ0) is 13.1. The third-order valence-electron chi connectivity index (χ3n) is 3.60. The summed E-state index contributed by atoms with van der Waals surface area (Å²) in [6.45, 7) is 4.53. The molecule has 1 aliphatic heterocycles. The maximum atomic E-state index is 6.22. The Hall–Kier alpha value is -0.800. The summed E-state index contributed by atoms with van der Waals surface area (Å²) in [5.41, 5.74) is 7.56. The SMILES string of the molecule is CC1CCCN(c2ccc(C(N)=S)c(Cl)c2)CC1. The number of benzene rings is 1. The Kier molecular flexibility index (Phi) is 4.46. The number of hydrogen-bond donors (Lipinski definition) is 1. The molecule has 0 aliphatic carbocycles. The number of nitrogens with two attached hydrogens (primary N) is 1. The van der Waals surface area contributed by atoms with Gasteiger partial charge in [0.05, 0.1) is 5.02 Å². The molecule has 98 valence electrons.